The first-order valence-electron chi connectivity index (χ1n) is 24.7. The molecule has 0 unspecified atom stereocenters. The topological polar surface area (TPSA) is 25.8 Å². The molecular weight excluding hydrogens is 877 g/mol. The van der Waals surface area contributed by atoms with E-state index in [4.69, 9.17) is 9.97 Å². The Balaban J connectivity index is 1.02. The van der Waals surface area contributed by atoms with Crippen LogP contribution in [-0.2, 0) is 10.8 Å². The van der Waals surface area contributed by atoms with Crippen LogP contribution in [0.3, 0.4) is 0 Å². The Labute approximate surface area is 413 Å². The number of benzene rings is 11. The second-order valence-electron chi connectivity index (χ2n) is 19.7. The number of nitrogens with zero attached hydrogens (tertiary/aromatic N) is 2. The van der Waals surface area contributed by atoms with Crippen LogP contribution in [0.2, 0.25) is 0 Å². The van der Waals surface area contributed by atoms with Crippen LogP contribution in [0.15, 0.2) is 231 Å². The zero-order valence-electron chi connectivity index (χ0n) is 38.2. The normalized spacial score (nSPS) is 14.4. The summed E-state index contributed by atoms with van der Waals surface area (Å²) in [4.78, 5) is 14.2. The minimum absolute atomic E-state index is 0.468. The van der Waals surface area contributed by atoms with Crippen molar-refractivity contribution in [2.24, 2.45) is 0 Å². The molecule has 0 amide bonds. The third kappa shape index (κ3) is 4.47. The fourth-order valence-electron chi connectivity index (χ4n) is 14.2. The maximum absolute atomic E-state index is 5.94. The van der Waals surface area contributed by atoms with Gasteiger partial charge in [0.2, 0.25) is 0 Å². The molecule has 0 saturated heterocycles. The first kappa shape index (κ1) is 38.1. The van der Waals surface area contributed by atoms with E-state index in [2.05, 4.69) is 231 Å². The zero-order chi connectivity index (χ0) is 46.2. The molecule has 11 aromatic carbocycles. The van der Waals surface area contributed by atoms with Gasteiger partial charge in [0.25, 0.3) is 0 Å². The van der Waals surface area contributed by atoms with Gasteiger partial charge in [-0.25, -0.2) is 9.97 Å². The molecule has 0 aliphatic heterocycles. The van der Waals surface area contributed by atoms with E-state index in [0.717, 1.165) is 42.6 Å². The van der Waals surface area contributed by atoms with Crippen LogP contribution in [0, 0.1) is 0 Å². The first-order valence-corrected chi connectivity index (χ1v) is 25.5. The molecular formula is C68H38N2S. The number of hydrogen-bond acceptors (Lipinski definition) is 3. The minimum atomic E-state index is -0.468. The number of fused-ring (bicyclic) bond motifs is 27. The van der Waals surface area contributed by atoms with Crippen LogP contribution in [0.1, 0.15) is 44.5 Å². The minimum Gasteiger partial charge on any atom is -0.242 e. The van der Waals surface area contributed by atoms with Gasteiger partial charge in [0.15, 0.2) is 0 Å². The Morgan fingerprint density at radius 3 is 0.859 bits per heavy atom. The van der Waals surface area contributed by atoms with Crippen LogP contribution in [-0.4, -0.2) is 9.97 Å². The van der Waals surface area contributed by atoms with Crippen molar-refractivity contribution >= 4 is 54.9 Å². The lowest BCUT2D eigenvalue weighted by molar-refractivity contribution is 0.794. The molecule has 0 radical (unpaired) electrons. The Hall–Kier alpha value is -8.76. The summed E-state index contributed by atoms with van der Waals surface area (Å²) in [5.74, 6) is 0. The molecule has 0 N–H and O–H groups in total. The molecule has 4 aliphatic rings. The van der Waals surface area contributed by atoms with Gasteiger partial charge in [-0.2, -0.15) is 0 Å². The summed E-state index contributed by atoms with van der Waals surface area (Å²) in [6.45, 7) is 0. The monoisotopic (exact) mass is 914 g/mol. The molecule has 4 aliphatic carbocycles. The van der Waals surface area contributed by atoms with Crippen molar-refractivity contribution in [1.29, 1.82) is 0 Å². The Kier molecular flexibility index (Phi) is 7.26. The maximum Gasteiger partial charge on any atom is 0.109 e. The Bertz CT molecular complexity index is 4170. The van der Waals surface area contributed by atoms with Gasteiger partial charge in [-0.15, -0.1) is 11.3 Å². The fourth-order valence-corrected chi connectivity index (χ4v) is 15.4. The molecule has 2 aromatic heterocycles. The largest absolute Gasteiger partial charge is 0.242 e. The lowest BCUT2D eigenvalue weighted by atomic mass is 9.70. The molecule has 13 aromatic rings. The molecule has 0 fully saturated rings. The smallest absolute Gasteiger partial charge is 0.109 e. The molecule has 0 saturated carbocycles. The molecule has 3 heteroatoms. The van der Waals surface area contributed by atoms with Crippen molar-refractivity contribution in [2.75, 3.05) is 0 Å². The van der Waals surface area contributed by atoms with E-state index in [1.165, 1.54) is 111 Å². The summed E-state index contributed by atoms with van der Waals surface area (Å²) >= 11 is 1.86. The van der Waals surface area contributed by atoms with E-state index in [9.17, 15) is 0 Å². The molecule has 326 valence electrons. The number of thiophene rings is 1. The van der Waals surface area contributed by atoms with E-state index < -0.39 is 10.8 Å². The summed E-state index contributed by atoms with van der Waals surface area (Å²) in [7, 11) is 0. The number of aromatic nitrogens is 2. The molecule has 2 spiro atoms. The van der Waals surface area contributed by atoms with Gasteiger partial charge in [-0.3, -0.25) is 0 Å². The summed E-state index contributed by atoms with van der Waals surface area (Å²) in [5, 5.41) is 4.62. The summed E-state index contributed by atoms with van der Waals surface area (Å²) in [6.07, 6.45) is 0. The Morgan fingerprint density at radius 1 is 0.225 bits per heavy atom. The predicted octanol–water partition coefficient (Wildman–Crippen LogP) is 17.2. The van der Waals surface area contributed by atoms with Crippen LogP contribution in [0.25, 0.3) is 109 Å². The van der Waals surface area contributed by atoms with Gasteiger partial charge in [0.1, 0.15) is 11.0 Å². The van der Waals surface area contributed by atoms with Crippen LogP contribution >= 0.6 is 11.3 Å². The maximum atomic E-state index is 5.94. The van der Waals surface area contributed by atoms with Crippen molar-refractivity contribution in [1.82, 2.24) is 9.97 Å². The molecule has 0 atom stereocenters. The molecule has 2 heterocycles. The third-order valence-corrected chi connectivity index (χ3v) is 18.0. The van der Waals surface area contributed by atoms with E-state index in [0.29, 0.717) is 0 Å². The van der Waals surface area contributed by atoms with Gasteiger partial charge < -0.3 is 0 Å². The van der Waals surface area contributed by atoms with Gasteiger partial charge >= 0.3 is 0 Å². The molecule has 2 nitrogen and oxygen atoms in total. The van der Waals surface area contributed by atoms with E-state index in [1.807, 2.05) is 11.3 Å². The number of hydrogen-bond donors (Lipinski definition) is 0. The average molecular weight is 915 g/mol. The summed E-state index contributed by atoms with van der Waals surface area (Å²) in [5.41, 5.74) is 26.2. The van der Waals surface area contributed by atoms with Crippen LogP contribution in [0.5, 0.6) is 0 Å². The zero-order valence-corrected chi connectivity index (χ0v) is 39.1. The van der Waals surface area contributed by atoms with Crippen molar-refractivity contribution < 1.29 is 0 Å². The second kappa shape index (κ2) is 13.5. The van der Waals surface area contributed by atoms with E-state index in [-0.39, 0.29) is 0 Å². The van der Waals surface area contributed by atoms with Crippen molar-refractivity contribution in [3.63, 3.8) is 0 Å². The van der Waals surface area contributed by atoms with Gasteiger partial charge in [0, 0.05) is 21.9 Å². The fraction of sp³-hybridized carbons (Fsp3) is 0.0294. The summed E-state index contributed by atoms with van der Waals surface area (Å²) in [6, 6.07) is 86.2. The second-order valence-corrected chi connectivity index (χ2v) is 20.7. The van der Waals surface area contributed by atoms with Crippen molar-refractivity contribution in [3.05, 3.63) is 275 Å². The van der Waals surface area contributed by atoms with Crippen LogP contribution < -0.4 is 0 Å². The standard InChI is InChI=1S/C68H38N2S/c1-3-25-45-39(19-1)40-20-2-4-26-46(40)62-61(45)69-63-64(70-62)66(50-30-18-38-58-60(50)48-28-10-16-36-56(48)68(58)53-33-13-7-23-43(53)44-24-8-14-34-54(44)68)71-65(63)49-29-17-37-57-59(49)47-27-9-15-35-55(47)67(57)51-31-11-5-21-41(51)42-22-6-12-32-52(42)67/h1-38H. The molecule has 0 bridgehead atoms. The van der Waals surface area contributed by atoms with Gasteiger partial charge in [-0.1, -0.05) is 231 Å². The summed E-state index contributed by atoms with van der Waals surface area (Å²) < 4.78 is 0. The van der Waals surface area contributed by atoms with Crippen molar-refractivity contribution in [3.8, 4) is 65.4 Å². The lowest BCUT2D eigenvalue weighted by Gasteiger charge is -2.30. The number of rotatable bonds is 2. The highest BCUT2D eigenvalue weighted by molar-refractivity contribution is 7.21. The van der Waals surface area contributed by atoms with Gasteiger partial charge in [0.05, 0.1) is 31.6 Å². The predicted molar refractivity (Wildman–Crippen MR) is 293 cm³/mol. The quantitative estimate of drug-likeness (QED) is 0.162. The Morgan fingerprint density at radius 2 is 0.493 bits per heavy atom. The lowest BCUT2D eigenvalue weighted by Crippen LogP contribution is -2.25. The highest BCUT2D eigenvalue weighted by atomic mass is 32.1. The first-order chi connectivity index (χ1) is 35.3. The van der Waals surface area contributed by atoms with E-state index in [1.54, 1.807) is 0 Å². The van der Waals surface area contributed by atoms with Crippen molar-refractivity contribution in [2.45, 2.75) is 10.8 Å². The molecule has 71 heavy (non-hydrogen) atoms. The van der Waals surface area contributed by atoms with E-state index >= 15 is 0 Å². The van der Waals surface area contributed by atoms with Crippen LogP contribution in [0.4, 0.5) is 0 Å². The van der Waals surface area contributed by atoms with Gasteiger partial charge in [-0.05, 0) is 99.8 Å². The third-order valence-electron chi connectivity index (χ3n) is 16.7. The highest BCUT2D eigenvalue weighted by Gasteiger charge is 2.54. The SMILES string of the molecule is c1ccc2c(c1)-c1ccccc1C21c2ccccc2-c2c(-c3sc(-c4cccc5c4-c4ccccc4C54c5ccccc5-c5ccccc54)c4nc5c6ccccc6c6ccccc6c5nc34)cccc21. The molecule has 17 rings (SSSR count). The average Bonchev–Trinajstić information content (AvgIpc) is 4.22. The highest BCUT2D eigenvalue weighted by Crippen LogP contribution is 2.67.